The number of hydrogen-bond acceptors (Lipinski definition) is 7. The number of nitrogens with one attached hydrogen (secondary N) is 2. The number of carbonyl (C=O) groups excluding carboxylic acids is 2. The van der Waals surface area contributed by atoms with Crippen LogP contribution in [0.2, 0.25) is 0 Å². The van der Waals surface area contributed by atoms with Crippen LogP contribution in [-0.4, -0.2) is 51.5 Å². The van der Waals surface area contributed by atoms with Gasteiger partial charge in [0.05, 0.1) is 5.69 Å². The van der Waals surface area contributed by atoms with Crippen molar-refractivity contribution in [1.82, 2.24) is 30.8 Å². The highest BCUT2D eigenvalue weighted by atomic mass is 16.5. The molecule has 1 aliphatic rings. The Kier molecular flexibility index (Phi) is 6.51. The summed E-state index contributed by atoms with van der Waals surface area (Å²) in [6.07, 6.45) is 3.56. The number of carbonyl (C=O) groups is 2. The van der Waals surface area contributed by atoms with Gasteiger partial charge in [0.15, 0.2) is 5.76 Å². The van der Waals surface area contributed by atoms with Gasteiger partial charge in [-0.15, -0.1) is 5.10 Å². The molecule has 10 heteroatoms. The first-order valence-corrected chi connectivity index (χ1v) is 10.0. The van der Waals surface area contributed by atoms with Crippen LogP contribution in [0, 0.1) is 0 Å². The quantitative estimate of drug-likeness (QED) is 0.509. The number of tetrazole rings is 1. The molecule has 2 N–H and O–H groups in total. The highest BCUT2D eigenvalue weighted by Gasteiger charge is 2.11. The van der Waals surface area contributed by atoms with Crippen molar-refractivity contribution in [2.45, 2.75) is 6.42 Å². The summed E-state index contributed by atoms with van der Waals surface area (Å²) in [5, 5.41) is 16.4. The number of aliphatic imine (C=N–C) groups is 1. The lowest BCUT2D eigenvalue weighted by Crippen LogP contribution is -2.25. The minimum atomic E-state index is -0.335. The fourth-order valence-electron chi connectivity index (χ4n) is 3.02. The molecular weight excluding hydrogens is 422 g/mol. The van der Waals surface area contributed by atoms with Gasteiger partial charge in [-0.05, 0) is 58.5 Å². The summed E-state index contributed by atoms with van der Waals surface area (Å²) in [6, 6.07) is 14.5. The van der Waals surface area contributed by atoms with E-state index in [1.807, 2.05) is 24.3 Å². The maximum absolute atomic E-state index is 12.5. The molecule has 0 fully saturated rings. The Bertz CT molecular complexity index is 1320. The molecule has 164 valence electrons. The van der Waals surface area contributed by atoms with Crippen LogP contribution in [0.5, 0.6) is 5.75 Å². The number of nitrogens with zero attached hydrogens (tertiary/aromatic N) is 5. The average Bonchev–Trinajstić information content (AvgIpc) is 3.39. The first-order valence-electron chi connectivity index (χ1n) is 10.0. The summed E-state index contributed by atoms with van der Waals surface area (Å²) < 4.78 is 7.27. The first kappa shape index (κ1) is 21.5. The van der Waals surface area contributed by atoms with Gasteiger partial charge in [-0.3, -0.25) is 9.59 Å². The van der Waals surface area contributed by atoms with E-state index in [9.17, 15) is 9.59 Å². The van der Waals surface area contributed by atoms with Gasteiger partial charge in [0.1, 0.15) is 17.8 Å². The van der Waals surface area contributed by atoms with Gasteiger partial charge in [-0.2, -0.15) is 4.99 Å². The molecule has 33 heavy (non-hydrogen) atoms. The third-order valence-electron chi connectivity index (χ3n) is 4.63. The predicted octanol–water partition coefficient (Wildman–Crippen LogP) is 1.37. The summed E-state index contributed by atoms with van der Waals surface area (Å²) in [5.41, 5.74) is 5.11. The highest BCUT2D eigenvalue weighted by molar-refractivity contribution is 5.95. The molecule has 0 aliphatic carbocycles. The summed E-state index contributed by atoms with van der Waals surface area (Å²) in [4.78, 5) is 28.1. The highest BCUT2D eigenvalue weighted by Crippen LogP contribution is 2.18. The van der Waals surface area contributed by atoms with Crippen LogP contribution in [0.25, 0.3) is 5.69 Å². The second-order valence-corrected chi connectivity index (χ2v) is 6.88. The van der Waals surface area contributed by atoms with E-state index < -0.39 is 0 Å². The van der Waals surface area contributed by atoms with Crippen molar-refractivity contribution < 1.29 is 14.3 Å². The zero-order valence-electron chi connectivity index (χ0n) is 17.6. The van der Waals surface area contributed by atoms with E-state index >= 15 is 0 Å². The molecule has 10 nitrogen and oxygen atoms in total. The minimum absolute atomic E-state index is 0.189. The van der Waals surface area contributed by atoms with E-state index in [0.29, 0.717) is 35.7 Å². The topological polar surface area (TPSA) is 123 Å². The number of likely N-dealkylation sites (N-methyl/N-ethyl adjacent to an activating group) is 1. The van der Waals surface area contributed by atoms with Gasteiger partial charge >= 0.3 is 0 Å². The number of amides is 2. The molecule has 0 atom stereocenters. The largest absolute Gasteiger partial charge is 0.448 e. The Labute approximate surface area is 189 Å². The van der Waals surface area contributed by atoms with Gasteiger partial charge in [0.25, 0.3) is 11.8 Å². The van der Waals surface area contributed by atoms with Gasteiger partial charge in [0.2, 0.25) is 0 Å². The molecule has 0 saturated heterocycles. The standard InChI is InChI=1S/C23H19N7O3/c1-24-23(32)21-14-20(9-11-25-21)33-19-7-2-4-16(12-19)8-10-26-22(31)17-5-3-6-18(13-17)30-15-27-28-29-30/h2-7,12-15H,8,10H2,1H3,(H,24,32)(H,26,31). The Balaban J connectivity index is 1.34. The molecule has 0 saturated carbocycles. The SMILES string of the molecule is CNC(=O)C1=CC(Oc2cccc(CCNC(=O)c3cccc(-n4cnnn4)c3)c2)=C=C=N1. The molecule has 0 unspecified atom stereocenters. The van der Waals surface area contributed by atoms with Crippen LogP contribution in [0.4, 0.5) is 0 Å². The fraction of sp³-hybridized carbons (Fsp3) is 0.130. The van der Waals surface area contributed by atoms with Gasteiger partial charge < -0.3 is 15.4 Å². The van der Waals surface area contributed by atoms with Crippen LogP contribution in [0.3, 0.4) is 0 Å². The zero-order chi connectivity index (χ0) is 23.0. The zero-order valence-corrected chi connectivity index (χ0v) is 17.6. The van der Waals surface area contributed by atoms with Crippen molar-refractivity contribution in [3.8, 4) is 11.4 Å². The average molecular weight is 441 g/mol. The lowest BCUT2D eigenvalue weighted by Gasteiger charge is -2.09. The van der Waals surface area contributed by atoms with E-state index in [0.717, 1.165) is 5.56 Å². The van der Waals surface area contributed by atoms with Crippen LogP contribution in [0.15, 0.2) is 83.1 Å². The maximum atomic E-state index is 12.5. The molecule has 1 aromatic heterocycles. The van der Waals surface area contributed by atoms with Crippen LogP contribution < -0.4 is 15.4 Å². The van der Waals surface area contributed by atoms with Crippen molar-refractivity contribution in [3.63, 3.8) is 0 Å². The molecule has 0 bridgehead atoms. The Morgan fingerprint density at radius 2 is 2.00 bits per heavy atom. The summed E-state index contributed by atoms with van der Waals surface area (Å²) in [6.45, 7) is 0.438. The number of benzene rings is 2. The van der Waals surface area contributed by atoms with Crippen molar-refractivity contribution in [2.75, 3.05) is 13.6 Å². The number of allylic oxidation sites excluding steroid dienone is 1. The number of aromatic nitrogens is 4. The molecular formula is C23H19N7O3. The van der Waals surface area contributed by atoms with E-state index in [1.54, 1.807) is 24.3 Å². The summed E-state index contributed by atoms with van der Waals surface area (Å²) in [5.74, 6) is 2.91. The van der Waals surface area contributed by atoms with Gasteiger partial charge in [0, 0.05) is 31.1 Å². The van der Waals surface area contributed by atoms with E-state index in [1.165, 1.54) is 24.1 Å². The van der Waals surface area contributed by atoms with Crippen LogP contribution in [-0.2, 0) is 11.2 Å². The number of ether oxygens (including phenoxy) is 1. The van der Waals surface area contributed by atoms with Crippen molar-refractivity contribution >= 4 is 17.7 Å². The van der Waals surface area contributed by atoms with E-state index in [4.69, 9.17) is 4.74 Å². The number of rotatable bonds is 8. The Hall–Kier alpha value is -4.78. The maximum Gasteiger partial charge on any atom is 0.270 e. The second kappa shape index (κ2) is 10.0. The van der Waals surface area contributed by atoms with Gasteiger partial charge in [-0.1, -0.05) is 18.2 Å². The third kappa shape index (κ3) is 5.48. The number of hydrogen-bond donors (Lipinski definition) is 2. The van der Waals surface area contributed by atoms with E-state index in [2.05, 4.69) is 42.8 Å². The molecule has 0 spiro atoms. The minimum Gasteiger partial charge on any atom is -0.448 e. The van der Waals surface area contributed by atoms with Crippen molar-refractivity contribution in [1.29, 1.82) is 0 Å². The third-order valence-corrected chi connectivity index (χ3v) is 4.63. The van der Waals surface area contributed by atoms with E-state index in [-0.39, 0.29) is 17.5 Å². The molecule has 0 radical (unpaired) electrons. The molecule has 2 amide bonds. The summed E-state index contributed by atoms with van der Waals surface area (Å²) >= 11 is 0. The van der Waals surface area contributed by atoms with Crippen molar-refractivity contribution in [3.05, 3.63) is 89.2 Å². The normalized spacial score (nSPS) is 12.0. The van der Waals surface area contributed by atoms with Gasteiger partial charge in [-0.25, -0.2) is 4.68 Å². The second-order valence-electron chi connectivity index (χ2n) is 6.88. The lowest BCUT2D eigenvalue weighted by atomic mass is 10.1. The van der Waals surface area contributed by atoms with Crippen LogP contribution in [0.1, 0.15) is 15.9 Å². The monoisotopic (exact) mass is 441 g/mol. The predicted molar refractivity (Wildman–Crippen MR) is 119 cm³/mol. The molecule has 2 heterocycles. The smallest absolute Gasteiger partial charge is 0.270 e. The molecule has 1 aliphatic heterocycles. The Morgan fingerprint density at radius 1 is 1.12 bits per heavy atom. The lowest BCUT2D eigenvalue weighted by molar-refractivity contribution is -0.117. The summed E-state index contributed by atoms with van der Waals surface area (Å²) in [7, 11) is 1.52. The molecule has 3 aromatic rings. The Morgan fingerprint density at radius 3 is 2.82 bits per heavy atom. The molecule has 2 aromatic carbocycles. The molecule has 4 rings (SSSR count). The fourth-order valence-corrected chi connectivity index (χ4v) is 3.02. The van der Waals surface area contributed by atoms with Crippen LogP contribution >= 0.6 is 0 Å². The van der Waals surface area contributed by atoms with Crippen molar-refractivity contribution in [2.24, 2.45) is 4.99 Å². The first-order chi connectivity index (χ1) is 16.1.